The standard InChI is InChI=1S/C23H25F2N3O/c1-16-4-2-3-5-20(16)23-18(14-26-13-17-8-10-29-11-9-17)15-28(27-23)22-7-6-19(24)12-21(22)25/h2-7,12,15,17,26H,8-11,13-14H2,1H3. The fourth-order valence-electron chi connectivity index (χ4n) is 3.76. The Labute approximate surface area is 169 Å². The second-order valence-electron chi connectivity index (χ2n) is 7.54. The first-order valence-corrected chi connectivity index (χ1v) is 10.0. The van der Waals surface area contributed by atoms with Gasteiger partial charge < -0.3 is 10.1 Å². The highest BCUT2D eigenvalue weighted by atomic mass is 19.1. The number of aryl methyl sites for hydroxylation is 1. The molecule has 0 atom stereocenters. The summed E-state index contributed by atoms with van der Waals surface area (Å²) in [5.41, 5.74) is 4.14. The molecule has 1 aliphatic rings. The van der Waals surface area contributed by atoms with Gasteiger partial charge >= 0.3 is 0 Å². The zero-order chi connectivity index (χ0) is 20.2. The summed E-state index contributed by atoms with van der Waals surface area (Å²) in [4.78, 5) is 0. The van der Waals surface area contributed by atoms with Crippen LogP contribution in [0.25, 0.3) is 16.9 Å². The van der Waals surface area contributed by atoms with Crippen LogP contribution in [0, 0.1) is 24.5 Å². The first-order chi connectivity index (χ1) is 14.1. The van der Waals surface area contributed by atoms with Crippen LogP contribution in [0.5, 0.6) is 0 Å². The van der Waals surface area contributed by atoms with E-state index < -0.39 is 11.6 Å². The van der Waals surface area contributed by atoms with E-state index in [-0.39, 0.29) is 5.69 Å². The third-order valence-electron chi connectivity index (χ3n) is 5.44. The zero-order valence-corrected chi connectivity index (χ0v) is 16.5. The number of hydrogen-bond acceptors (Lipinski definition) is 3. The fourth-order valence-corrected chi connectivity index (χ4v) is 3.76. The SMILES string of the molecule is Cc1ccccc1-c1nn(-c2ccc(F)cc2F)cc1CNCC1CCOCC1. The molecule has 2 aromatic carbocycles. The minimum atomic E-state index is -0.634. The van der Waals surface area contributed by atoms with E-state index in [2.05, 4.69) is 10.4 Å². The number of halogens is 2. The summed E-state index contributed by atoms with van der Waals surface area (Å²) in [6, 6.07) is 11.6. The molecule has 0 spiro atoms. The average molecular weight is 397 g/mol. The Morgan fingerprint density at radius 3 is 2.69 bits per heavy atom. The molecule has 0 radical (unpaired) electrons. The predicted octanol–water partition coefficient (Wildman–Crippen LogP) is 4.64. The highest BCUT2D eigenvalue weighted by molar-refractivity contribution is 5.66. The van der Waals surface area contributed by atoms with Crippen LogP contribution in [0.2, 0.25) is 0 Å². The van der Waals surface area contributed by atoms with Gasteiger partial charge in [-0.1, -0.05) is 24.3 Å². The van der Waals surface area contributed by atoms with E-state index >= 15 is 0 Å². The number of hydrogen-bond donors (Lipinski definition) is 1. The van der Waals surface area contributed by atoms with E-state index in [1.807, 2.05) is 37.4 Å². The molecule has 0 amide bonds. The van der Waals surface area contributed by atoms with E-state index in [0.717, 1.165) is 61.1 Å². The maximum absolute atomic E-state index is 14.3. The Kier molecular flexibility index (Phi) is 6.02. The lowest BCUT2D eigenvalue weighted by atomic mass is 10.00. The number of ether oxygens (including phenoxy) is 1. The van der Waals surface area contributed by atoms with Crippen LogP contribution in [0.1, 0.15) is 24.0 Å². The smallest absolute Gasteiger partial charge is 0.151 e. The Morgan fingerprint density at radius 1 is 1.14 bits per heavy atom. The van der Waals surface area contributed by atoms with Crippen LogP contribution in [0.4, 0.5) is 8.78 Å². The highest BCUT2D eigenvalue weighted by Crippen LogP contribution is 2.27. The normalized spacial score (nSPS) is 15.0. The number of rotatable bonds is 6. The minimum Gasteiger partial charge on any atom is -0.381 e. The topological polar surface area (TPSA) is 39.1 Å². The molecule has 152 valence electrons. The molecule has 29 heavy (non-hydrogen) atoms. The van der Waals surface area contributed by atoms with Gasteiger partial charge in [-0.15, -0.1) is 0 Å². The van der Waals surface area contributed by atoms with Gasteiger partial charge in [-0.25, -0.2) is 13.5 Å². The molecule has 6 heteroatoms. The van der Waals surface area contributed by atoms with Crippen LogP contribution in [-0.2, 0) is 11.3 Å². The monoisotopic (exact) mass is 397 g/mol. The predicted molar refractivity (Wildman–Crippen MR) is 109 cm³/mol. The molecular formula is C23H25F2N3O. The molecule has 1 fully saturated rings. The molecule has 4 rings (SSSR count). The van der Waals surface area contributed by atoms with Crippen molar-refractivity contribution in [2.45, 2.75) is 26.3 Å². The van der Waals surface area contributed by atoms with E-state index in [4.69, 9.17) is 4.74 Å². The molecule has 1 aromatic heterocycles. The van der Waals surface area contributed by atoms with Gasteiger partial charge in [0.25, 0.3) is 0 Å². The van der Waals surface area contributed by atoms with Gasteiger partial charge in [0, 0.05) is 43.1 Å². The van der Waals surface area contributed by atoms with Crippen molar-refractivity contribution in [3.05, 3.63) is 71.4 Å². The van der Waals surface area contributed by atoms with Crippen LogP contribution in [0.3, 0.4) is 0 Å². The number of nitrogens with zero attached hydrogens (tertiary/aromatic N) is 2. The summed E-state index contributed by atoms with van der Waals surface area (Å²) in [6.07, 6.45) is 3.96. The van der Waals surface area contributed by atoms with Crippen molar-refractivity contribution >= 4 is 0 Å². The zero-order valence-electron chi connectivity index (χ0n) is 16.5. The molecule has 3 aromatic rings. The lowest BCUT2D eigenvalue weighted by Gasteiger charge is -2.22. The number of nitrogens with one attached hydrogen (secondary N) is 1. The van der Waals surface area contributed by atoms with Gasteiger partial charge in [0.15, 0.2) is 5.82 Å². The Hall–Kier alpha value is -2.57. The quantitative estimate of drug-likeness (QED) is 0.659. The maximum Gasteiger partial charge on any atom is 0.151 e. The van der Waals surface area contributed by atoms with E-state index in [0.29, 0.717) is 12.5 Å². The van der Waals surface area contributed by atoms with Crippen molar-refractivity contribution in [1.29, 1.82) is 0 Å². The van der Waals surface area contributed by atoms with E-state index in [9.17, 15) is 8.78 Å². The second-order valence-corrected chi connectivity index (χ2v) is 7.54. The minimum absolute atomic E-state index is 0.233. The van der Waals surface area contributed by atoms with Gasteiger partial charge in [-0.05, 0) is 49.9 Å². The molecule has 2 heterocycles. The highest BCUT2D eigenvalue weighted by Gasteiger charge is 2.17. The summed E-state index contributed by atoms with van der Waals surface area (Å²) in [5, 5.41) is 8.19. The number of benzene rings is 2. The molecule has 1 N–H and O–H groups in total. The average Bonchev–Trinajstić information content (AvgIpc) is 3.13. The summed E-state index contributed by atoms with van der Waals surface area (Å²) >= 11 is 0. The Bertz CT molecular complexity index is 980. The third kappa shape index (κ3) is 4.54. The van der Waals surface area contributed by atoms with Crippen LogP contribution in [-0.4, -0.2) is 29.5 Å². The van der Waals surface area contributed by atoms with Gasteiger partial charge in [-0.2, -0.15) is 5.10 Å². The largest absolute Gasteiger partial charge is 0.381 e. The molecular weight excluding hydrogens is 372 g/mol. The molecule has 0 unspecified atom stereocenters. The summed E-state index contributed by atoms with van der Waals surface area (Å²) in [7, 11) is 0. The molecule has 0 bridgehead atoms. The molecule has 1 saturated heterocycles. The first kappa shape index (κ1) is 19.7. The van der Waals surface area contributed by atoms with Crippen molar-refractivity contribution in [3.8, 4) is 16.9 Å². The Balaban J connectivity index is 1.62. The first-order valence-electron chi connectivity index (χ1n) is 10.0. The summed E-state index contributed by atoms with van der Waals surface area (Å²) in [6.45, 7) is 5.22. The Morgan fingerprint density at radius 2 is 1.93 bits per heavy atom. The van der Waals surface area contributed by atoms with Gasteiger partial charge in [0.05, 0.1) is 5.69 Å². The van der Waals surface area contributed by atoms with Crippen molar-refractivity contribution in [1.82, 2.24) is 15.1 Å². The van der Waals surface area contributed by atoms with Crippen molar-refractivity contribution in [2.24, 2.45) is 5.92 Å². The van der Waals surface area contributed by atoms with Crippen LogP contribution in [0.15, 0.2) is 48.7 Å². The fraction of sp³-hybridized carbons (Fsp3) is 0.348. The molecule has 4 nitrogen and oxygen atoms in total. The van der Waals surface area contributed by atoms with Gasteiger partial charge in [0.1, 0.15) is 11.5 Å². The lowest BCUT2D eigenvalue weighted by molar-refractivity contribution is 0.0662. The van der Waals surface area contributed by atoms with Crippen LogP contribution < -0.4 is 5.32 Å². The summed E-state index contributed by atoms with van der Waals surface area (Å²) < 4.78 is 34.6. The third-order valence-corrected chi connectivity index (χ3v) is 5.44. The summed E-state index contributed by atoms with van der Waals surface area (Å²) in [5.74, 6) is -0.628. The van der Waals surface area contributed by atoms with Crippen LogP contribution >= 0.6 is 0 Å². The number of aromatic nitrogens is 2. The lowest BCUT2D eigenvalue weighted by Crippen LogP contribution is -2.27. The molecule has 1 aliphatic heterocycles. The van der Waals surface area contributed by atoms with Gasteiger partial charge in [-0.3, -0.25) is 0 Å². The van der Waals surface area contributed by atoms with E-state index in [1.54, 1.807) is 0 Å². The van der Waals surface area contributed by atoms with Crippen molar-refractivity contribution in [2.75, 3.05) is 19.8 Å². The van der Waals surface area contributed by atoms with Crippen molar-refractivity contribution in [3.63, 3.8) is 0 Å². The van der Waals surface area contributed by atoms with Crippen molar-refractivity contribution < 1.29 is 13.5 Å². The second kappa shape index (κ2) is 8.84. The maximum atomic E-state index is 14.3. The molecule has 0 aliphatic carbocycles. The van der Waals surface area contributed by atoms with Gasteiger partial charge in [0.2, 0.25) is 0 Å². The van der Waals surface area contributed by atoms with E-state index in [1.165, 1.54) is 16.8 Å². The molecule has 0 saturated carbocycles.